The Hall–Kier alpha value is -2.56. The van der Waals surface area contributed by atoms with E-state index >= 15 is 0 Å². The second-order valence-electron chi connectivity index (χ2n) is 5.90. The molecule has 1 fully saturated rings. The van der Waals surface area contributed by atoms with Crippen molar-refractivity contribution in [2.75, 3.05) is 21.9 Å². The van der Waals surface area contributed by atoms with Gasteiger partial charge < -0.3 is 5.32 Å². The van der Waals surface area contributed by atoms with Gasteiger partial charge in [-0.25, -0.2) is 8.42 Å². The minimum absolute atomic E-state index is 0.109. The van der Waals surface area contributed by atoms with E-state index in [1.54, 1.807) is 24.3 Å². The van der Waals surface area contributed by atoms with Gasteiger partial charge in [-0.2, -0.15) is 5.26 Å². The molecule has 0 aromatic heterocycles. The van der Waals surface area contributed by atoms with Crippen LogP contribution in [-0.2, 0) is 10.0 Å². The minimum atomic E-state index is -3.35. The van der Waals surface area contributed by atoms with Crippen LogP contribution in [0.25, 0.3) is 0 Å². The normalized spacial score (nSPS) is 15.9. The molecule has 134 valence electrons. The molecule has 0 aliphatic carbocycles. The maximum atomic E-state index is 12.6. The molecular formula is C18H16ClN3O3S. The van der Waals surface area contributed by atoms with Crippen LogP contribution in [0.4, 0.5) is 11.4 Å². The predicted octanol–water partition coefficient (Wildman–Crippen LogP) is 3.39. The molecule has 1 aliphatic heterocycles. The molecule has 1 amide bonds. The fourth-order valence-electron chi connectivity index (χ4n) is 2.79. The Morgan fingerprint density at radius 3 is 2.73 bits per heavy atom. The van der Waals surface area contributed by atoms with Crippen LogP contribution in [0.15, 0.2) is 42.5 Å². The quantitative estimate of drug-likeness (QED) is 0.871. The van der Waals surface area contributed by atoms with Crippen LogP contribution in [0.5, 0.6) is 0 Å². The van der Waals surface area contributed by atoms with Gasteiger partial charge in [0.15, 0.2) is 0 Å². The number of carbonyl (C=O) groups is 1. The third-order valence-corrected chi connectivity index (χ3v) is 6.20. The summed E-state index contributed by atoms with van der Waals surface area (Å²) in [5.41, 5.74) is 1.36. The average molecular weight is 390 g/mol. The molecule has 0 radical (unpaired) electrons. The Morgan fingerprint density at radius 1 is 1.19 bits per heavy atom. The fraction of sp³-hybridized carbons (Fsp3) is 0.222. The van der Waals surface area contributed by atoms with Crippen LogP contribution in [0.3, 0.4) is 0 Å². The largest absolute Gasteiger partial charge is 0.321 e. The van der Waals surface area contributed by atoms with Gasteiger partial charge in [0.2, 0.25) is 10.0 Å². The topological polar surface area (TPSA) is 90.3 Å². The first-order valence-corrected chi connectivity index (χ1v) is 10.0. The maximum Gasteiger partial charge on any atom is 0.255 e. The number of anilines is 2. The zero-order valence-electron chi connectivity index (χ0n) is 13.8. The third-order valence-electron chi connectivity index (χ3n) is 4.10. The van der Waals surface area contributed by atoms with E-state index < -0.39 is 15.9 Å². The van der Waals surface area contributed by atoms with Crippen molar-refractivity contribution >= 4 is 38.9 Å². The van der Waals surface area contributed by atoms with Gasteiger partial charge in [-0.3, -0.25) is 9.10 Å². The van der Waals surface area contributed by atoms with Crippen molar-refractivity contribution < 1.29 is 13.2 Å². The SMILES string of the molecule is N#Cc1ccc(Cl)cc1NC(=O)c1cccc(N2CCCCS2(=O)=O)c1. The predicted molar refractivity (Wildman–Crippen MR) is 101 cm³/mol. The lowest BCUT2D eigenvalue weighted by Crippen LogP contribution is -2.37. The van der Waals surface area contributed by atoms with Gasteiger partial charge in [-0.1, -0.05) is 17.7 Å². The fourth-order valence-corrected chi connectivity index (χ4v) is 4.60. The van der Waals surface area contributed by atoms with E-state index in [9.17, 15) is 13.2 Å². The molecule has 2 aromatic carbocycles. The monoisotopic (exact) mass is 389 g/mol. The second kappa shape index (κ2) is 7.36. The Labute approximate surface area is 157 Å². The molecule has 0 spiro atoms. The molecule has 1 saturated heterocycles. The number of rotatable bonds is 3. The number of nitrogens with zero attached hydrogens (tertiary/aromatic N) is 2. The number of nitriles is 1. The Morgan fingerprint density at radius 2 is 2.00 bits per heavy atom. The van der Waals surface area contributed by atoms with Crippen LogP contribution in [0.2, 0.25) is 5.02 Å². The van der Waals surface area contributed by atoms with Crippen molar-refractivity contribution in [1.29, 1.82) is 5.26 Å². The van der Waals surface area contributed by atoms with Gasteiger partial charge in [0.1, 0.15) is 6.07 Å². The highest BCUT2D eigenvalue weighted by Gasteiger charge is 2.26. The van der Waals surface area contributed by atoms with E-state index in [4.69, 9.17) is 16.9 Å². The van der Waals surface area contributed by atoms with Gasteiger partial charge in [-0.05, 0) is 49.2 Å². The van der Waals surface area contributed by atoms with E-state index in [1.807, 2.05) is 6.07 Å². The number of carbonyl (C=O) groups excluding carboxylic acids is 1. The molecule has 0 atom stereocenters. The lowest BCUT2D eigenvalue weighted by atomic mass is 10.1. The summed E-state index contributed by atoms with van der Waals surface area (Å²) in [5.74, 6) is -0.336. The smallest absolute Gasteiger partial charge is 0.255 e. The number of benzene rings is 2. The highest BCUT2D eigenvalue weighted by atomic mass is 35.5. The zero-order valence-corrected chi connectivity index (χ0v) is 15.3. The van der Waals surface area contributed by atoms with Crippen LogP contribution >= 0.6 is 11.6 Å². The van der Waals surface area contributed by atoms with Gasteiger partial charge in [0.25, 0.3) is 5.91 Å². The molecule has 1 aliphatic rings. The van der Waals surface area contributed by atoms with Crippen LogP contribution in [0.1, 0.15) is 28.8 Å². The molecule has 0 saturated carbocycles. The first-order valence-electron chi connectivity index (χ1n) is 8.02. The first kappa shape index (κ1) is 18.2. The Kier molecular flexibility index (Phi) is 5.16. The molecule has 8 heteroatoms. The molecular weight excluding hydrogens is 374 g/mol. The van der Waals surface area contributed by atoms with Crippen molar-refractivity contribution in [2.45, 2.75) is 12.8 Å². The first-order chi connectivity index (χ1) is 12.4. The van der Waals surface area contributed by atoms with Crippen LogP contribution in [-0.4, -0.2) is 26.6 Å². The summed E-state index contributed by atoms with van der Waals surface area (Å²) in [5, 5.41) is 12.2. The summed E-state index contributed by atoms with van der Waals surface area (Å²) in [6.45, 7) is 0.403. The van der Waals surface area contributed by atoms with Crippen LogP contribution in [0, 0.1) is 11.3 Å². The van der Waals surface area contributed by atoms with E-state index in [-0.39, 0.29) is 11.3 Å². The van der Waals surface area contributed by atoms with Crippen molar-refractivity contribution in [3.63, 3.8) is 0 Å². The highest BCUT2D eigenvalue weighted by molar-refractivity contribution is 7.92. The van der Waals surface area contributed by atoms with Gasteiger partial charge in [0.05, 0.1) is 22.7 Å². The average Bonchev–Trinajstić information content (AvgIpc) is 2.61. The number of hydrogen-bond donors (Lipinski definition) is 1. The van der Waals surface area contributed by atoms with E-state index in [0.29, 0.717) is 34.9 Å². The molecule has 0 bridgehead atoms. The summed E-state index contributed by atoms with van der Waals surface area (Å²) in [6, 6.07) is 13.0. The molecule has 3 rings (SSSR count). The van der Waals surface area contributed by atoms with Gasteiger partial charge in [-0.15, -0.1) is 0 Å². The summed E-state index contributed by atoms with van der Waals surface area (Å²) in [6.07, 6.45) is 1.43. The van der Waals surface area contributed by atoms with E-state index in [1.165, 1.54) is 22.5 Å². The number of hydrogen-bond acceptors (Lipinski definition) is 4. The van der Waals surface area contributed by atoms with E-state index in [0.717, 1.165) is 6.42 Å². The molecule has 6 nitrogen and oxygen atoms in total. The lowest BCUT2D eigenvalue weighted by Gasteiger charge is -2.28. The Balaban J connectivity index is 1.88. The number of halogens is 1. The van der Waals surface area contributed by atoms with Crippen LogP contribution < -0.4 is 9.62 Å². The van der Waals surface area contributed by atoms with Gasteiger partial charge in [0, 0.05) is 17.1 Å². The second-order valence-corrected chi connectivity index (χ2v) is 8.35. The summed E-state index contributed by atoms with van der Waals surface area (Å²) >= 11 is 5.93. The Bertz CT molecular complexity index is 999. The lowest BCUT2D eigenvalue weighted by molar-refractivity contribution is 0.102. The van der Waals surface area contributed by atoms with Gasteiger partial charge >= 0.3 is 0 Å². The van der Waals surface area contributed by atoms with Crippen molar-refractivity contribution in [1.82, 2.24) is 0 Å². The number of amides is 1. The number of sulfonamides is 1. The molecule has 1 heterocycles. The highest BCUT2D eigenvalue weighted by Crippen LogP contribution is 2.25. The minimum Gasteiger partial charge on any atom is -0.321 e. The summed E-state index contributed by atoms with van der Waals surface area (Å²) < 4.78 is 25.8. The maximum absolute atomic E-state index is 12.6. The third kappa shape index (κ3) is 3.82. The molecule has 2 aromatic rings. The molecule has 1 N–H and O–H groups in total. The standard InChI is InChI=1S/C18H16ClN3O3S/c19-15-7-6-14(12-20)17(11-15)21-18(23)13-4-3-5-16(10-13)22-8-1-2-9-26(22,24)25/h3-7,10-11H,1-2,8-9H2,(H,21,23). The van der Waals surface area contributed by atoms with E-state index in [2.05, 4.69) is 5.32 Å². The molecule has 0 unspecified atom stereocenters. The molecule has 26 heavy (non-hydrogen) atoms. The van der Waals surface area contributed by atoms with Crippen molar-refractivity contribution in [2.24, 2.45) is 0 Å². The summed E-state index contributed by atoms with van der Waals surface area (Å²) in [4.78, 5) is 12.6. The van der Waals surface area contributed by atoms with Crippen molar-refractivity contribution in [3.8, 4) is 6.07 Å². The zero-order chi connectivity index (χ0) is 18.7. The summed E-state index contributed by atoms with van der Waals surface area (Å²) in [7, 11) is -3.35. The van der Waals surface area contributed by atoms with Crippen molar-refractivity contribution in [3.05, 3.63) is 58.6 Å². The number of nitrogens with one attached hydrogen (secondary N) is 1.